The normalized spacial score (nSPS) is 11.5. The Morgan fingerprint density at radius 1 is 0.968 bits per heavy atom. The van der Waals surface area contributed by atoms with Gasteiger partial charge < -0.3 is 4.74 Å². The molecule has 0 saturated heterocycles. The van der Waals surface area contributed by atoms with Crippen molar-refractivity contribution >= 4 is 50.9 Å². The van der Waals surface area contributed by atoms with Crippen molar-refractivity contribution in [3.8, 4) is 5.75 Å². The third-order valence-electron chi connectivity index (χ3n) is 4.20. The van der Waals surface area contributed by atoms with Crippen LogP contribution in [0.25, 0.3) is 6.08 Å². The molecule has 0 aliphatic heterocycles. The Morgan fingerprint density at radius 3 is 2.26 bits per heavy atom. The molecule has 1 amide bonds. The lowest BCUT2D eigenvalue weighted by atomic mass is 10.2. The van der Waals surface area contributed by atoms with Crippen molar-refractivity contribution in [3.63, 3.8) is 0 Å². The van der Waals surface area contributed by atoms with Crippen LogP contribution < -0.4 is 9.04 Å². The number of amides is 1. The van der Waals surface area contributed by atoms with Gasteiger partial charge in [-0.1, -0.05) is 35.3 Å². The number of anilines is 1. The van der Waals surface area contributed by atoms with Gasteiger partial charge in [0, 0.05) is 16.1 Å². The summed E-state index contributed by atoms with van der Waals surface area (Å²) in [4.78, 5) is 13.0. The molecule has 160 valence electrons. The van der Waals surface area contributed by atoms with E-state index < -0.39 is 15.9 Å². The molecule has 0 spiro atoms. The highest BCUT2D eigenvalue weighted by molar-refractivity contribution is 7.93. The Kier molecular flexibility index (Phi) is 7.38. The van der Waals surface area contributed by atoms with Gasteiger partial charge in [-0.2, -0.15) is 4.31 Å². The molecular weight excluding hydrogens is 457 g/mol. The smallest absolute Gasteiger partial charge is 0.271 e. The second kappa shape index (κ2) is 10.0. The van der Waals surface area contributed by atoms with E-state index in [-0.39, 0.29) is 10.6 Å². The maximum absolute atomic E-state index is 13.3. The van der Waals surface area contributed by atoms with Crippen LogP contribution in [0.15, 0.2) is 83.8 Å². The van der Waals surface area contributed by atoms with Crippen LogP contribution in [0.2, 0.25) is 10.0 Å². The first-order valence-electron chi connectivity index (χ1n) is 9.32. The fourth-order valence-electron chi connectivity index (χ4n) is 2.79. The molecule has 3 aromatic rings. The number of rotatable bonds is 7. The summed E-state index contributed by atoms with van der Waals surface area (Å²) >= 11 is 11.9. The zero-order chi connectivity index (χ0) is 22.4. The first-order chi connectivity index (χ1) is 14.8. The molecule has 31 heavy (non-hydrogen) atoms. The summed E-state index contributed by atoms with van der Waals surface area (Å²) in [6.07, 6.45) is 2.70. The zero-order valence-electron chi connectivity index (χ0n) is 16.5. The third kappa shape index (κ3) is 5.67. The van der Waals surface area contributed by atoms with Crippen LogP contribution in [0.3, 0.4) is 0 Å². The minimum Gasteiger partial charge on any atom is -0.494 e. The van der Waals surface area contributed by atoms with Crippen molar-refractivity contribution in [2.24, 2.45) is 0 Å². The maximum Gasteiger partial charge on any atom is 0.271 e. The highest BCUT2D eigenvalue weighted by Crippen LogP contribution is 2.27. The minimum absolute atomic E-state index is 0.0599. The summed E-state index contributed by atoms with van der Waals surface area (Å²) in [6.45, 7) is 2.31. The molecule has 0 fully saturated rings. The van der Waals surface area contributed by atoms with E-state index in [1.807, 2.05) is 6.92 Å². The lowest BCUT2D eigenvalue weighted by Crippen LogP contribution is -2.35. The van der Waals surface area contributed by atoms with E-state index in [2.05, 4.69) is 0 Å². The molecule has 3 rings (SSSR count). The molecule has 0 heterocycles. The Bertz CT molecular complexity index is 1190. The van der Waals surface area contributed by atoms with Crippen molar-refractivity contribution in [1.29, 1.82) is 0 Å². The van der Waals surface area contributed by atoms with Crippen molar-refractivity contribution in [2.45, 2.75) is 11.8 Å². The molecule has 0 unspecified atom stereocenters. The van der Waals surface area contributed by atoms with Gasteiger partial charge in [-0.15, -0.1) is 0 Å². The molecule has 0 bridgehead atoms. The minimum atomic E-state index is -4.20. The van der Waals surface area contributed by atoms with E-state index >= 15 is 0 Å². The molecule has 0 saturated carbocycles. The highest BCUT2D eigenvalue weighted by atomic mass is 35.5. The van der Waals surface area contributed by atoms with Gasteiger partial charge in [0.05, 0.1) is 17.2 Å². The number of benzene rings is 3. The summed E-state index contributed by atoms with van der Waals surface area (Å²) in [6, 6.07) is 18.7. The monoisotopic (exact) mass is 475 g/mol. The van der Waals surface area contributed by atoms with Crippen LogP contribution in [0, 0.1) is 0 Å². The van der Waals surface area contributed by atoms with Crippen molar-refractivity contribution in [2.75, 3.05) is 10.9 Å². The first kappa shape index (κ1) is 22.9. The summed E-state index contributed by atoms with van der Waals surface area (Å²) < 4.78 is 32.8. The van der Waals surface area contributed by atoms with Gasteiger partial charge in [0.1, 0.15) is 5.75 Å². The maximum atomic E-state index is 13.3. The topological polar surface area (TPSA) is 63.7 Å². The second-order valence-electron chi connectivity index (χ2n) is 6.38. The van der Waals surface area contributed by atoms with E-state index in [0.29, 0.717) is 28.0 Å². The van der Waals surface area contributed by atoms with Gasteiger partial charge in [0.2, 0.25) is 0 Å². The molecule has 0 aliphatic carbocycles. The van der Waals surface area contributed by atoms with Crippen LogP contribution in [-0.4, -0.2) is 20.9 Å². The average molecular weight is 476 g/mol. The number of nitrogens with zero attached hydrogens (tertiary/aromatic N) is 1. The molecule has 8 heteroatoms. The highest BCUT2D eigenvalue weighted by Gasteiger charge is 2.29. The molecule has 0 aliphatic rings. The van der Waals surface area contributed by atoms with E-state index in [9.17, 15) is 13.2 Å². The fraction of sp³-hybridized carbons (Fsp3) is 0.0870. The number of hydrogen-bond donors (Lipinski definition) is 0. The zero-order valence-corrected chi connectivity index (χ0v) is 18.9. The quantitative estimate of drug-likeness (QED) is 0.403. The van der Waals surface area contributed by atoms with Crippen LogP contribution in [0.5, 0.6) is 5.75 Å². The lowest BCUT2D eigenvalue weighted by molar-refractivity contribution is -0.113. The van der Waals surface area contributed by atoms with Gasteiger partial charge in [0.25, 0.3) is 15.9 Å². The summed E-state index contributed by atoms with van der Waals surface area (Å²) in [7, 11) is -4.20. The van der Waals surface area contributed by atoms with Crippen molar-refractivity contribution in [3.05, 3.63) is 94.5 Å². The summed E-state index contributed by atoms with van der Waals surface area (Å²) in [5, 5.41) is 0.894. The molecule has 0 aromatic heterocycles. The Hall–Kier alpha value is -2.80. The van der Waals surface area contributed by atoms with Gasteiger partial charge in [-0.05, 0) is 79.2 Å². The molecular formula is C23H19Cl2NO4S. The van der Waals surface area contributed by atoms with Gasteiger partial charge >= 0.3 is 0 Å². The first-order valence-corrected chi connectivity index (χ1v) is 11.5. The number of hydrogen-bond acceptors (Lipinski definition) is 4. The van der Waals surface area contributed by atoms with Crippen LogP contribution >= 0.6 is 23.2 Å². The number of ether oxygens (including phenoxy) is 1. The standard InChI is InChI=1S/C23H19Cl2NO4S/c1-2-30-21-11-9-20(10-12-21)26(31(28,29)22-13-7-18(24)8-14-22)23(27)15-6-17-4-3-5-19(25)16-17/h3-16H,2H2,1H3/b15-6+. The molecule has 0 atom stereocenters. The Morgan fingerprint density at radius 2 is 1.65 bits per heavy atom. The molecule has 0 radical (unpaired) electrons. The predicted molar refractivity (Wildman–Crippen MR) is 124 cm³/mol. The van der Waals surface area contributed by atoms with Crippen LogP contribution in [0.4, 0.5) is 5.69 Å². The summed E-state index contributed by atoms with van der Waals surface area (Å²) in [5.41, 5.74) is 0.843. The molecule has 0 N–H and O–H groups in total. The predicted octanol–water partition coefficient (Wildman–Crippen LogP) is 5.83. The second-order valence-corrected chi connectivity index (χ2v) is 9.04. The molecule has 5 nitrogen and oxygen atoms in total. The van der Waals surface area contributed by atoms with Gasteiger partial charge in [-0.3, -0.25) is 4.79 Å². The number of halogens is 2. The average Bonchev–Trinajstić information content (AvgIpc) is 2.74. The SMILES string of the molecule is CCOc1ccc(N(C(=O)/C=C/c2cccc(Cl)c2)S(=O)(=O)c2ccc(Cl)cc2)cc1. The lowest BCUT2D eigenvalue weighted by Gasteiger charge is -2.21. The Labute approximate surface area is 191 Å². The van der Waals surface area contributed by atoms with Gasteiger partial charge in [0.15, 0.2) is 0 Å². The van der Waals surface area contributed by atoms with Gasteiger partial charge in [-0.25, -0.2) is 8.42 Å². The third-order valence-corrected chi connectivity index (χ3v) is 6.43. The van der Waals surface area contributed by atoms with E-state index in [0.717, 1.165) is 4.31 Å². The van der Waals surface area contributed by atoms with Crippen LogP contribution in [0.1, 0.15) is 12.5 Å². The van der Waals surface area contributed by atoms with E-state index in [4.69, 9.17) is 27.9 Å². The molecule has 3 aromatic carbocycles. The number of sulfonamides is 1. The van der Waals surface area contributed by atoms with Crippen LogP contribution in [-0.2, 0) is 14.8 Å². The van der Waals surface area contributed by atoms with Crippen molar-refractivity contribution in [1.82, 2.24) is 0 Å². The number of carbonyl (C=O) groups excluding carboxylic acids is 1. The Balaban J connectivity index is 2.02. The largest absolute Gasteiger partial charge is 0.494 e. The van der Waals surface area contributed by atoms with E-state index in [1.165, 1.54) is 48.6 Å². The van der Waals surface area contributed by atoms with Crippen molar-refractivity contribution < 1.29 is 17.9 Å². The fourth-order valence-corrected chi connectivity index (χ4v) is 4.50. The number of carbonyl (C=O) groups is 1. The summed E-state index contributed by atoms with van der Waals surface area (Å²) in [5.74, 6) is -0.170. The van der Waals surface area contributed by atoms with E-state index in [1.54, 1.807) is 36.4 Å².